The number of rotatable bonds is 4. The van der Waals surface area contributed by atoms with Crippen molar-refractivity contribution in [3.8, 4) is 11.1 Å². The number of nitrogens with zero attached hydrogens (tertiary/aromatic N) is 1. The van der Waals surface area contributed by atoms with Gasteiger partial charge in [-0.25, -0.2) is 4.98 Å². The maximum absolute atomic E-state index is 11.8. The molecule has 0 aliphatic carbocycles. The van der Waals surface area contributed by atoms with Crippen LogP contribution in [0.15, 0.2) is 67.3 Å². The third-order valence-corrected chi connectivity index (χ3v) is 3.80. The molecule has 0 unspecified atom stereocenters. The highest BCUT2D eigenvalue weighted by atomic mass is 16.2. The van der Waals surface area contributed by atoms with Crippen LogP contribution in [0.5, 0.6) is 0 Å². The number of carbonyl (C=O) groups excluding carboxylic acids is 2. The van der Waals surface area contributed by atoms with Gasteiger partial charge in [0.05, 0.1) is 5.52 Å². The highest BCUT2D eigenvalue weighted by Gasteiger charge is 2.07. The van der Waals surface area contributed by atoms with Crippen LogP contribution in [0.25, 0.3) is 22.0 Å². The average Bonchev–Trinajstić information content (AvgIpc) is 2.66. The summed E-state index contributed by atoms with van der Waals surface area (Å²) in [6, 6.07) is 17.0. The van der Waals surface area contributed by atoms with Gasteiger partial charge in [0.15, 0.2) is 0 Å². The summed E-state index contributed by atoms with van der Waals surface area (Å²) in [7, 11) is 1.58. The first-order valence-electron chi connectivity index (χ1n) is 7.77. The van der Waals surface area contributed by atoms with Crippen molar-refractivity contribution in [1.29, 1.82) is 0 Å². The molecule has 124 valence electrons. The van der Waals surface area contributed by atoms with Crippen molar-refractivity contribution in [1.82, 2.24) is 10.3 Å². The zero-order valence-electron chi connectivity index (χ0n) is 13.7. The molecule has 2 aromatic carbocycles. The summed E-state index contributed by atoms with van der Waals surface area (Å²) in [5, 5.41) is 6.27. The Morgan fingerprint density at radius 2 is 1.80 bits per heavy atom. The number of amides is 2. The third-order valence-electron chi connectivity index (χ3n) is 3.80. The van der Waals surface area contributed by atoms with Gasteiger partial charge >= 0.3 is 0 Å². The molecule has 0 bridgehead atoms. The summed E-state index contributed by atoms with van der Waals surface area (Å²) in [6.45, 7) is 3.45. The Bertz CT molecular complexity index is 980. The van der Waals surface area contributed by atoms with Crippen molar-refractivity contribution in [2.24, 2.45) is 0 Å². The Morgan fingerprint density at radius 3 is 2.56 bits per heavy atom. The second-order valence-electron chi connectivity index (χ2n) is 5.46. The highest BCUT2D eigenvalue weighted by Crippen LogP contribution is 2.26. The molecular weight excluding hydrogens is 314 g/mol. The molecule has 2 amide bonds. The minimum absolute atomic E-state index is 0.221. The van der Waals surface area contributed by atoms with E-state index in [1.807, 2.05) is 48.5 Å². The predicted molar refractivity (Wildman–Crippen MR) is 99.4 cm³/mol. The Hall–Kier alpha value is -3.47. The van der Waals surface area contributed by atoms with Crippen LogP contribution >= 0.6 is 0 Å². The molecule has 1 heterocycles. The van der Waals surface area contributed by atoms with E-state index in [1.54, 1.807) is 13.1 Å². The van der Waals surface area contributed by atoms with Gasteiger partial charge in [-0.15, -0.1) is 0 Å². The van der Waals surface area contributed by atoms with Crippen molar-refractivity contribution in [2.45, 2.75) is 0 Å². The molecule has 5 heteroatoms. The Morgan fingerprint density at radius 1 is 1.04 bits per heavy atom. The molecule has 0 saturated heterocycles. The molecule has 0 aliphatic heterocycles. The van der Waals surface area contributed by atoms with Crippen LogP contribution < -0.4 is 10.6 Å². The minimum atomic E-state index is -0.257. The smallest absolute Gasteiger partial charge is 0.269 e. The van der Waals surface area contributed by atoms with Crippen LogP contribution in [0.4, 0.5) is 5.69 Å². The van der Waals surface area contributed by atoms with E-state index >= 15 is 0 Å². The fourth-order valence-electron chi connectivity index (χ4n) is 2.52. The van der Waals surface area contributed by atoms with Crippen molar-refractivity contribution in [2.75, 3.05) is 12.4 Å². The summed E-state index contributed by atoms with van der Waals surface area (Å²) in [5.41, 5.74) is 3.69. The first kappa shape index (κ1) is 16.4. The molecule has 0 saturated carbocycles. The second kappa shape index (κ2) is 6.97. The van der Waals surface area contributed by atoms with Gasteiger partial charge in [0, 0.05) is 18.1 Å². The number of anilines is 1. The number of hydrogen-bond acceptors (Lipinski definition) is 3. The van der Waals surface area contributed by atoms with Crippen molar-refractivity contribution in [3.05, 3.63) is 72.9 Å². The number of nitrogens with one attached hydrogen (secondary N) is 2. The van der Waals surface area contributed by atoms with Crippen LogP contribution in [0.3, 0.4) is 0 Å². The van der Waals surface area contributed by atoms with Crippen LogP contribution in [0, 0.1) is 0 Å². The van der Waals surface area contributed by atoms with Crippen LogP contribution in [0.1, 0.15) is 10.5 Å². The van der Waals surface area contributed by atoms with E-state index < -0.39 is 0 Å². The van der Waals surface area contributed by atoms with Crippen molar-refractivity contribution >= 4 is 28.4 Å². The summed E-state index contributed by atoms with van der Waals surface area (Å²) in [6.07, 6.45) is 1.23. The van der Waals surface area contributed by atoms with Crippen LogP contribution in [-0.2, 0) is 4.79 Å². The molecule has 0 spiro atoms. The fourth-order valence-corrected chi connectivity index (χ4v) is 2.52. The molecule has 2 N–H and O–H groups in total. The van der Waals surface area contributed by atoms with Gasteiger partial charge in [0.25, 0.3) is 5.91 Å². The van der Waals surface area contributed by atoms with E-state index in [0.717, 1.165) is 22.0 Å². The standard InChI is InChI=1S/C20H17N3O2/c1-3-19(24)22-16-6-4-5-14(11-16)15-8-7-13-9-10-17(20(25)21-2)23-18(13)12-15/h3-12H,1H2,2H3,(H,21,25)(H,22,24). The van der Waals surface area contributed by atoms with E-state index in [-0.39, 0.29) is 11.8 Å². The molecule has 0 atom stereocenters. The summed E-state index contributed by atoms with van der Waals surface area (Å²) >= 11 is 0. The second-order valence-corrected chi connectivity index (χ2v) is 5.46. The zero-order valence-corrected chi connectivity index (χ0v) is 13.7. The first-order valence-corrected chi connectivity index (χ1v) is 7.77. The molecule has 3 aromatic rings. The number of pyridine rings is 1. The molecule has 0 fully saturated rings. The lowest BCUT2D eigenvalue weighted by Crippen LogP contribution is -2.18. The topological polar surface area (TPSA) is 71.1 Å². The summed E-state index contributed by atoms with van der Waals surface area (Å²) in [5.74, 6) is -0.478. The zero-order chi connectivity index (χ0) is 17.8. The van der Waals surface area contributed by atoms with E-state index in [1.165, 1.54) is 6.08 Å². The highest BCUT2D eigenvalue weighted by molar-refractivity contribution is 5.99. The van der Waals surface area contributed by atoms with Crippen LogP contribution in [0.2, 0.25) is 0 Å². The maximum atomic E-state index is 11.8. The van der Waals surface area contributed by atoms with Gasteiger partial charge in [-0.2, -0.15) is 0 Å². The van der Waals surface area contributed by atoms with Gasteiger partial charge in [-0.1, -0.05) is 36.9 Å². The first-order chi connectivity index (χ1) is 12.1. The summed E-state index contributed by atoms with van der Waals surface area (Å²) in [4.78, 5) is 27.6. The molecule has 3 rings (SSSR count). The van der Waals surface area contributed by atoms with E-state index in [4.69, 9.17) is 0 Å². The molecular formula is C20H17N3O2. The van der Waals surface area contributed by atoms with E-state index in [0.29, 0.717) is 11.4 Å². The quantitative estimate of drug-likeness (QED) is 0.720. The average molecular weight is 331 g/mol. The molecule has 5 nitrogen and oxygen atoms in total. The lowest BCUT2D eigenvalue weighted by atomic mass is 10.0. The maximum Gasteiger partial charge on any atom is 0.269 e. The molecule has 0 radical (unpaired) electrons. The minimum Gasteiger partial charge on any atom is -0.354 e. The SMILES string of the molecule is C=CC(=O)Nc1cccc(-c2ccc3ccc(C(=O)NC)nc3c2)c1. The molecule has 25 heavy (non-hydrogen) atoms. The van der Waals surface area contributed by atoms with Crippen molar-refractivity contribution in [3.63, 3.8) is 0 Å². The predicted octanol–water partition coefficient (Wildman–Crippen LogP) is 3.39. The normalized spacial score (nSPS) is 10.3. The van der Waals surface area contributed by atoms with Gasteiger partial charge < -0.3 is 10.6 Å². The number of hydrogen-bond donors (Lipinski definition) is 2. The third kappa shape index (κ3) is 3.55. The van der Waals surface area contributed by atoms with Gasteiger partial charge in [-0.3, -0.25) is 9.59 Å². The number of aromatic nitrogens is 1. The van der Waals surface area contributed by atoms with Crippen molar-refractivity contribution < 1.29 is 9.59 Å². The molecule has 1 aromatic heterocycles. The lowest BCUT2D eigenvalue weighted by Gasteiger charge is -2.08. The Balaban J connectivity index is 2.00. The summed E-state index contributed by atoms with van der Waals surface area (Å²) < 4.78 is 0. The Kier molecular flexibility index (Phi) is 4.57. The number of carbonyl (C=O) groups is 2. The largest absolute Gasteiger partial charge is 0.354 e. The molecule has 0 aliphatic rings. The van der Waals surface area contributed by atoms with Gasteiger partial charge in [-0.05, 0) is 41.5 Å². The van der Waals surface area contributed by atoms with E-state index in [9.17, 15) is 9.59 Å². The van der Waals surface area contributed by atoms with Crippen LogP contribution in [-0.4, -0.2) is 23.8 Å². The number of benzene rings is 2. The Labute approximate surface area is 145 Å². The monoisotopic (exact) mass is 331 g/mol. The van der Waals surface area contributed by atoms with Gasteiger partial charge in [0.1, 0.15) is 5.69 Å². The van der Waals surface area contributed by atoms with E-state index in [2.05, 4.69) is 22.2 Å². The van der Waals surface area contributed by atoms with Gasteiger partial charge in [0.2, 0.25) is 5.91 Å². The number of fused-ring (bicyclic) bond motifs is 1. The fraction of sp³-hybridized carbons (Fsp3) is 0.0500. The lowest BCUT2D eigenvalue weighted by molar-refractivity contribution is -0.111.